The predicted octanol–water partition coefficient (Wildman–Crippen LogP) is 2.62. The highest BCUT2D eigenvalue weighted by molar-refractivity contribution is 7.80. The number of hydrogen-bond acceptors (Lipinski definition) is 4. The summed E-state index contributed by atoms with van der Waals surface area (Å²) in [6.45, 7) is 0. The number of nitrogens with one attached hydrogen (secondary N) is 1. The third-order valence-electron chi connectivity index (χ3n) is 2.83. The lowest BCUT2D eigenvalue weighted by Crippen LogP contribution is -2.21. The summed E-state index contributed by atoms with van der Waals surface area (Å²) >= 11 is 4.70. The van der Waals surface area contributed by atoms with Crippen LogP contribution in [0.2, 0.25) is 0 Å². The number of carbonyl (C=O) groups excluding carboxylic acids is 1. The van der Waals surface area contributed by atoms with Crippen molar-refractivity contribution in [2.24, 2.45) is 5.73 Å². The van der Waals surface area contributed by atoms with Crippen molar-refractivity contribution in [1.29, 1.82) is 0 Å². The number of nitro benzene ring substituents is 1. The third-order valence-corrected chi connectivity index (χ3v) is 2.94. The number of ketones is 1. The summed E-state index contributed by atoms with van der Waals surface area (Å²) in [7, 11) is 0. The number of hydrogen-bond donors (Lipinski definition) is 2. The molecule has 0 radical (unpaired) electrons. The van der Waals surface area contributed by atoms with Crippen LogP contribution in [0.25, 0.3) is 0 Å². The van der Waals surface area contributed by atoms with Crippen molar-refractivity contribution in [2.45, 2.75) is 0 Å². The highest BCUT2D eigenvalue weighted by Crippen LogP contribution is 2.25. The molecule has 0 bridgehead atoms. The van der Waals surface area contributed by atoms with Gasteiger partial charge in [0.2, 0.25) is 0 Å². The molecule has 2 aromatic rings. The number of nitro groups is 1. The standard InChI is InChI=1S/C14H10FN3O3S/c15-11-4-2-1-3-9(11)13(19)10-7-8(18(20)21)5-6-12(10)17-14(16)22/h1-7H,(H3,16,17,22). The van der Waals surface area contributed by atoms with Gasteiger partial charge < -0.3 is 11.1 Å². The molecular weight excluding hydrogens is 309 g/mol. The second-order valence-corrected chi connectivity index (χ2v) is 4.73. The van der Waals surface area contributed by atoms with Gasteiger partial charge in [-0.2, -0.15) is 0 Å². The second kappa shape index (κ2) is 6.27. The lowest BCUT2D eigenvalue weighted by Gasteiger charge is -2.10. The lowest BCUT2D eigenvalue weighted by atomic mass is 10.0. The van der Waals surface area contributed by atoms with E-state index in [1.165, 1.54) is 30.3 Å². The summed E-state index contributed by atoms with van der Waals surface area (Å²) in [4.78, 5) is 22.7. The molecule has 0 saturated heterocycles. The first-order valence-corrected chi connectivity index (χ1v) is 6.45. The number of nitrogens with zero attached hydrogens (tertiary/aromatic N) is 1. The topological polar surface area (TPSA) is 98.3 Å². The fraction of sp³-hybridized carbons (Fsp3) is 0. The smallest absolute Gasteiger partial charge is 0.270 e. The molecule has 0 fully saturated rings. The van der Waals surface area contributed by atoms with Crippen LogP contribution in [0.4, 0.5) is 15.8 Å². The molecule has 112 valence electrons. The molecule has 0 aliphatic rings. The molecule has 0 heterocycles. The first-order chi connectivity index (χ1) is 10.4. The minimum Gasteiger partial charge on any atom is -0.376 e. The number of benzene rings is 2. The average Bonchev–Trinajstić information content (AvgIpc) is 2.46. The Bertz CT molecular complexity index is 780. The third kappa shape index (κ3) is 3.23. The largest absolute Gasteiger partial charge is 0.376 e. The minimum absolute atomic E-state index is 0.0906. The SMILES string of the molecule is NC(=S)Nc1ccc([N+](=O)[O-])cc1C(=O)c1ccccc1F. The zero-order chi connectivity index (χ0) is 16.3. The summed E-state index contributed by atoms with van der Waals surface area (Å²) in [5, 5.41) is 13.3. The Hall–Kier alpha value is -2.87. The number of anilines is 1. The molecule has 2 rings (SSSR count). The zero-order valence-corrected chi connectivity index (χ0v) is 11.9. The quantitative estimate of drug-likeness (QED) is 0.389. The van der Waals surface area contributed by atoms with Gasteiger partial charge in [0.05, 0.1) is 21.7 Å². The maximum atomic E-state index is 13.8. The predicted molar refractivity (Wildman–Crippen MR) is 83.3 cm³/mol. The Labute approximate surface area is 129 Å². The molecule has 2 aromatic carbocycles. The minimum atomic E-state index is -0.722. The van der Waals surface area contributed by atoms with E-state index in [0.29, 0.717) is 0 Å². The maximum absolute atomic E-state index is 13.8. The number of halogens is 1. The fourth-order valence-electron chi connectivity index (χ4n) is 1.87. The van der Waals surface area contributed by atoms with E-state index in [-0.39, 0.29) is 27.6 Å². The summed E-state index contributed by atoms with van der Waals surface area (Å²) in [6.07, 6.45) is 0. The van der Waals surface area contributed by atoms with Crippen molar-refractivity contribution >= 4 is 34.5 Å². The Morgan fingerprint density at radius 1 is 1.23 bits per heavy atom. The van der Waals surface area contributed by atoms with Gasteiger partial charge >= 0.3 is 0 Å². The van der Waals surface area contributed by atoms with Crippen molar-refractivity contribution < 1.29 is 14.1 Å². The van der Waals surface area contributed by atoms with E-state index in [2.05, 4.69) is 5.32 Å². The van der Waals surface area contributed by atoms with Gasteiger partial charge in [-0.1, -0.05) is 12.1 Å². The fourth-order valence-corrected chi connectivity index (χ4v) is 1.98. The normalized spacial score (nSPS) is 10.0. The van der Waals surface area contributed by atoms with Gasteiger partial charge in [-0.15, -0.1) is 0 Å². The summed E-state index contributed by atoms with van der Waals surface area (Å²) in [5.74, 6) is -1.43. The van der Waals surface area contributed by atoms with E-state index in [0.717, 1.165) is 12.1 Å². The van der Waals surface area contributed by atoms with Gasteiger partial charge in [-0.3, -0.25) is 14.9 Å². The Morgan fingerprint density at radius 2 is 1.91 bits per heavy atom. The molecule has 0 aliphatic heterocycles. The van der Waals surface area contributed by atoms with Crippen LogP contribution < -0.4 is 11.1 Å². The second-order valence-electron chi connectivity index (χ2n) is 4.29. The molecule has 6 nitrogen and oxygen atoms in total. The van der Waals surface area contributed by atoms with Crippen LogP contribution in [0.5, 0.6) is 0 Å². The zero-order valence-electron chi connectivity index (χ0n) is 11.1. The summed E-state index contributed by atoms with van der Waals surface area (Å²) in [6, 6.07) is 8.90. The van der Waals surface area contributed by atoms with Crippen LogP contribution in [-0.2, 0) is 0 Å². The first-order valence-electron chi connectivity index (χ1n) is 6.04. The number of carbonyl (C=O) groups is 1. The van der Waals surface area contributed by atoms with Gasteiger partial charge in [0.1, 0.15) is 5.82 Å². The molecule has 0 atom stereocenters. The van der Waals surface area contributed by atoms with E-state index < -0.39 is 16.5 Å². The van der Waals surface area contributed by atoms with Gasteiger partial charge in [0, 0.05) is 12.1 Å². The molecule has 8 heteroatoms. The van der Waals surface area contributed by atoms with Crippen LogP contribution in [0.15, 0.2) is 42.5 Å². The van der Waals surface area contributed by atoms with Crippen molar-refractivity contribution in [3.8, 4) is 0 Å². The van der Waals surface area contributed by atoms with Crippen LogP contribution in [-0.4, -0.2) is 15.8 Å². The van der Waals surface area contributed by atoms with E-state index in [4.69, 9.17) is 18.0 Å². The summed E-state index contributed by atoms with van der Waals surface area (Å²) < 4.78 is 13.8. The van der Waals surface area contributed by atoms with Crippen LogP contribution in [0.3, 0.4) is 0 Å². The molecule has 0 amide bonds. The molecule has 22 heavy (non-hydrogen) atoms. The number of rotatable bonds is 4. The highest BCUT2D eigenvalue weighted by atomic mass is 32.1. The number of nitrogens with two attached hydrogens (primary N) is 1. The van der Waals surface area contributed by atoms with Crippen molar-refractivity contribution in [3.63, 3.8) is 0 Å². The van der Waals surface area contributed by atoms with Crippen LogP contribution >= 0.6 is 12.2 Å². The summed E-state index contributed by atoms with van der Waals surface area (Å²) in [5.41, 5.74) is 4.94. The van der Waals surface area contributed by atoms with Crippen LogP contribution in [0, 0.1) is 15.9 Å². The molecule has 0 saturated carbocycles. The number of thiocarbonyl (C=S) groups is 1. The van der Waals surface area contributed by atoms with Gasteiger partial charge in [-0.25, -0.2) is 4.39 Å². The van der Waals surface area contributed by atoms with Crippen molar-refractivity contribution in [3.05, 3.63) is 69.5 Å². The molecule has 0 aliphatic carbocycles. The Balaban J connectivity index is 2.57. The lowest BCUT2D eigenvalue weighted by molar-refractivity contribution is -0.384. The molecule has 0 unspecified atom stereocenters. The van der Waals surface area contributed by atoms with Gasteiger partial charge in [0.15, 0.2) is 10.9 Å². The average molecular weight is 319 g/mol. The van der Waals surface area contributed by atoms with E-state index in [1.54, 1.807) is 0 Å². The highest BCUT2D eigenvalue weighted by Gasteiger charge is 2.20. The van der Waals surface area contributed by atoms with Crippen molar-refractivity contribution in [1.82, 2.24) is 0 Å². The first kappa shape index (κ1) is 15.5. The van der Waals surface area contributed by atoms with E-state index >= 15 is 0 Å². The Kier molecular flexibility index (Phi) is 4.42. The molecule has 3 N–H and O–H groups in total. The monoisotopic (exact) mass is 319 g/mol. The molecular formula is C14H10FN3O3S. The van der Waals surface area contributed by atoms with Gasteiger partial charge in [0.25, 0.3) is 5.69 Å². The van der Waals surface area contributed by atoms with Crippen molar-refractivity contribution in [2.75, 3.05) is 5.32 Å². The van der Waals surface area contributed by atoms with E-state index in [1.807, 2.05) is 0 Å². The Morgan fingerprint density at radius 3 is 2.50 bits per heavy atom. The number of non-ortho nitro benzene ring substituents is 1. The maximum Gasteiger partial charge on any atom is 0.270 e. The van der Waals surface area contributed by atoms with E-state index in [9.17, 15) is 19.3 Å². The molecule has 0 spiro atoms. The molecule has 0 aromatic heterocycles. The van der Waals surface area contributed by atoms with Crippen LogP contribution in [0.1, 0.15) is 15.9 Å². The van der Waals surface area contributed by atoms with Gasteiger partial charge in [-0.05, 0) is 30.4 Å².